The van der Waals surface area contributed by atoms with Crippen molar-refractivity contribution < 1.29 is 17.4 Å². The van der Waals surface area contributed by atoms with Crippen LogP contribution in [0.4, 0.5) is 0 Å². The molecule has 0 radical (unpaired) electrons. The molecule has 82 valence electrons. The maximum Gasteiger partial charge on any atom is 0.148 e. The number of ketones is 1. The molecule has 1 unspecified atom stereocenters. The predicted octanol–water partition coefficient (Wildman–Crippen LogP) is -0.241. The zero-order valence-corrected chi connectivity index (χ0v) is 9.70. The Labute approximate surface area is 86.4 Å². The first-order valence-electron chi connectivity index (χ1n) is 4.44. The van der Waals surface area contributed by atoms with E-state index in [2.05, 4.69) is 0 Å². The van der Waals surface area contributed by atoms with E-state index in [-0.39, 0.29) is 29.0 Å². The van der Waals surface area contributed by atoms with Crippen LogP contribution in [0, 0.1) is 5.92 Å². The lowest BCUT2D eigenvalue weighted by Gasteiger charge is -1.99. The summed E-state index contributed by atoms with van der Waals surface area (Å²) >= 11 is 0. The van der Waals surface area contributed by atoms with E-state index in [0.29, 0.717) is 0 Å². The summed E-state index contributed by atoms with van der Waals surface area (Å²) in [6, 6.07) is 0. The molecule has 0 aromatic heterocycles. The summed E-state index contributed by atoms with van der Waals surface area (Å²) in [5.74, 6) is 0.142. The highest BCUT2D eigenvalue weighted by Crippen LogP contribution is 2.29. The van der Waals surface area contributed by atoms with Crippen molar-refractivity contribution in [2.45, 2.75) is 12.8 Å². The molecule has 6 heteroatoms. The van der Waals surface area contributed by atoms with Crippen LogP contribution in [0.3, 0.4) is 0 Å². The maximum atomic E-state index is 11.3. The Morgan fingerprint density at radius 3 is 2.43 bits per heavy atom. The van der Waals surface area contributed by atoms with E-state index in [4.69, 9.17) is 0 Å². The number of carbonyl (C=O) groups excluding carboxylic acids is 1. The first-order valence-corrected chi connectivity index (χ1v) is 7.99. The number of hydrogen-bond donors (Lipinski definition) is 0. The summed E-state index contributed by atoms with van der Waals surface area (Å²) in [5.41, 5.74) is 0. The average molecular weight is 238 g/mol. The maximum absolute atomic E-state index is 11.3. The number of carbonyl (C=O) groups is 1. The van der Waals surface area contributed by atoms with Gasteiger partial charge in [-0.1, -0.05) is 0 Å². The van der Waals surface area contributed by atoms with Gasteiger partial charge in [-0.25, -0.2) is 8.42 Å². The SMILES string of the molecule is CS(=O)(=O)CCS(=O)CC(=O)C1CC1. The highest BCUT2D eigenvalue weighted by Gasteiger charge is 2.30. The van der Waals surface area contributed by atoms with Gasteiger partial charge in [0, 0.05) is 28.7 Å². The van der Waals surface area contributed by atoms with Crippen molar-refractivity contribution in [1.82, 2.24) is 0 Å². The molecule has 0 aliphatic heterocycles. The first-order chi connectivity index (χ1) is 6.38. The van der Waals surface area contributed by atoms with Crippen LogP contribution in [0.5, 0.6) is 0 Å². The number of rotatable bonds is 6. The van der Waals surface area contributed by atoms with Gasteiger partial charge in [0.25, 0.3) is 0 Å². The van der Waals surface area contributed by atoms with Crippen LogP contribution < -0.4 is 0 Å². The highest BCUT2D eigenvalue weighted by molar-refractivity contribution is 7.92. The summed E-state index contributed by atoms with van der Waals surface area (Å²) in [5, 5.41) is 0. The van der Waals surface area contributed by atoms with E-state index in [1.807, 2.05) is 0 Å². The minimum atomic E-state index is -3.06. The normalized spacial score (nSPS) is 19.2. The Hall–Kier alpha value is -0.230. The fourth-order valence-corrected chi connectivity index (χ4v) is 3.65. The van der Waals surface area contributed by atoms with E-state index < -0.39 is 20.6 Å². The lowest BCUT2D eigenvalue weighted by atomic mass is 10.3. The van der Waals surface area contributed by atoms with Crippen LogP contribution in [-0.2, 0) is 25.4 Å². The highest BCUT2D eigenvalue weighted by atomic mass is 32.2. The zero-order valence-electron chi connectivity index (χ0n) is 8.06. The van der Waals surface area contributed by atoms with Crippen LogP contribution in [0.2, 0.25) is 0 Å². The van der Waals surface area contributed by atoms with E-state index >= 15 is 0 Å². The van der Waals surface area contributed by atoms with Crippen LogP contribution >= 0.6 is 0 Å². The van der Waals surface area contributed by atoms with Gasteiger partial charge in [0.05, 0.1) is 11.5 Å². The van der Waals surface area contributed by atoms with Crippen LogP contribution in [0.25, 0.3) is 0 Å². The van der Waals surface area contributed by atoms with Gasteiger partial charge < -0.3 is 0 Å². The molecule has 0 aromatic carbocycles. The molecule has 0 saturated heterocycles. The Kier molecular flexibility index (Phi) is 3.83. The third-order valence-electron chi connectivity index (χ3n) is 2.02. The molecular weight excluding hydrogens is 224 g/mol. The Morgan fingerprint density at radius 2 is 2.00 bits per heavy atom. The number of sulfone groups is 1. The van der Waals surface area contributed by atoms with Crippen molar-refractivity contribution in [1.29, 1.82) is 0 Å². The second-order valence-corrected chi connectivity index (χ2v) is 7.50. The molecule has 1 fully saturated rings. The van der Waals surface area contributed by atoms with Gasteiger partial charge in [-0.15, -0.1) is 0 Å². The molecule has 0 N–H and O–H groups in total. The summed E-state index contributed by atoms with van der Waals surface area (Å²) in [6.45, 7) is 0. The van der Waals surface area contributed by atoms with Crippen molar-refractivity contribution in [3.05, 3.63) is 0 Å². The van der Waals surface area contributed by atoms with Gasteiger partial charge >= 0.3 is 0 Å². The minimum absolute atomic E-state index is 0.0248. The molecule has 1 aliphatic rings. The van der Waals surface area contributed by atoms with Gasteiger partial charge in [-0.2, -0.15) is 0 Å². The molecular formula is C8H14O4S2. The lowest BCUT2D eigenvalue weighted by molar-refractivity contribution is -0.117. The van der Waals surface area contributed by atoms with Crippen molar-refractivity contribution >= 4 is 26.4 Å². The largest absolute Gasteiger partial charge is 0.298 e. The van der Waals surface area contributed by atoms with Gasteiger partial charge in [-0.05, 0) is 12.8 Å². The molecule has 1 saturated carbocycles. The fourth-order valence-electron chi connectivity index (χ4n) is 0.998. The molecule has 1 rings (SSSR count). The summed E-state index contributed by atoms with van der Waals surface area (Å²) < 4.78 is 32.8. The number of hydrogen-bond acceptors (Lipinski definition) is 4. The van der Waals surface area contributed by atoms with E-state index in [1.54, 1.807) is 0 Å². The topological polar surface area (TPSA) is 68.3 Å². The van der Waals surface area contributed by atoms with Gasteiger partial charge in [-0.3, -0.25) is 9.00 Å². The van der Waals surface area contributed by atoms with E-state index in [1.165, 1.54) is 0 Å². The average Bonchev–Trinajstić information content (AvgIpc) is 2.81. The van der Waals surface area contributed by atoms with Crippen LogP contribution in [0.15, 0.2) is 0 Å². The van der Waals surface area contributed by atoms with Gasteiger partial charge in [0.2, 0.25) is 0 Å². The van der Waals surface area contributed by atoms with E-state index in [0.717, 1.165) is 19.1 Å². The molecule has 1 aliphatic carbocycles. The quantitative estimate of drug-likeness (QED) is 0.640. The third-order valence-corrected chi connectivity index (χ3v) is 4.49. The lowest BCUT2D eigenvalue weighted by Crippen LogP contribution is -2.19. The molecule has 4 nitrogen and oxygen atoms in total. The molecule has 0 bridgehead atoms. The molecule has 0 heterocycles. The first kappa shape index (κ1) is 11.8. The molecule has 0 spiro atoms. The van der Waals surface area contributed by atoms with Crippen LogP contribution in [-0.4, -0.2) is 41.9 Å². The van der Waals surface area contributed by atoms with Crippen LogP contribution in [0.1, 0.15) is 12.8 Å². The van der Waals surface area contributed by atoms with Gasteiger partial charge in [0.15, 0.2) is 0 Å². The fraction of sp³-hybridized carbons (Fsp3) is 0.875. The zero-order chi connectivity index (χ0) is 10.8. The Morgan fingerprint density at radius 1 is 1.43 bits per heavy atom. The van der Waals surface area contributed by atoms with Crippen molar-refractivity contribution in [2.75, 3.05) is 23.5 Å². The van der Waals surface area contributed by atoms with Crippen molar-refractivity contribution in [3.63, 3.8) is 0 Å². The van der Waals surface area contributed by atoms with E-state index in [9.17, 15) is 17.4 Å². The Bertz CT molecular complexity index is 340. The minimum Gasteiger partial charge on any atom is -0.298 e. The van der Waals surface area contributed by atoms with Gasteiger partial charge in [0.1, 0.15) is 15.6 Å². The second-order valence-electron chi connectivity index (χ2n) is 3.66. The van der Waals surface area contributed by atoms with Crippen molar-refractivity contribution in [3.8, 4) is 0 Å². The number of Topliss-reactive ketones (excluding diaryl/α,β-unsaturated/α-hetero) is 1. The smallest absolute Gasteiger partial charge is 0.148 e. The summed E-state index contributed by atoms with van der Waals surface area (Å²) in [4.78, 5) is 11.2. The second kappa shape index (κ2) is 4.53. The summed E-state index contributed by atoms with van der Waals surface area (Å²) in [6.07, 6.45) is 2.91. The standard InChI is InChI=1S/C8H14O4S2/c1-14(11,12)5-4-13(10)6-8(9)7-2-3-7/h7H,2-6H2,1H3. The van der Waals surface area contributed by atoms with Crippen molar-refractivity contribution in [2.24, 2.45) is 5.92 Å². The molecule has 0 aromatic rings. The molecule has 1 atom stereocenters. The monoisotopic (exact) mass is 238 g/mol. The summed E-state index contributed by atoms with van der Waals surface area (Å²) in [7, 11) is -4.37. The Balaban J connectivity index is 2.25. The predicted molar refractivity (Wildman–Crippen MR) is 55.3 cm³/mol. The molecule has 0 amide bonds. The molecule has 14 heavy (non-hydrogen) atoms. The third kappa shape index (κ3) is 4.85.